The minimum absolute atomic E-state index is 0.107. The van der Waals surface area contributed by atoms with Crippen molar-refractivity contribution in [1.82, 2.24) is 0 Å². The first-order chi connectivity index (χ1) is 46.0. The fourth-order valence-corrected chi connectivity index (χ4v) is 13.3. The zero-order valence-corrected chi connectivity index (χ0v) is 63.6. The molecule has 0 spiro atoms. The van der Waals surface area contributed by atoms with E-state index in [1.165, 1.54) is 218 Å². The molecule has 0 saturated heterocycles. The van der Waals surface area contributed by atoms with Crippen molar-refractivity contribution < 1.29 is 80.2 Å². The van der Waals surface area contributed by atoms with Crippen LogP contribution in [0.1, 0.15) is 401 Å². The number of aliphatic hydroxyl groups is 1. The summed E-state index contributed by atoms with van der Waals surface area (Å²) >= 11 is 0. The lowest BCUT2D eigenvalue weighted by molar-refractivity contribution is -0.161. The van der Waals surface area contributed by atoms with Crippen molar-refractivity contribution in [2.45, 2.75) is 419 Å². The van der Waals surface area contributed by atoms with Gasteiger partial charge in [-0.2, -0.15) is 0 Å². The Morgan fingerprint density at radius 3 is 0.716 bits per heavy atom. The van der Waals surface area contributed by atoms with Gasteiger partial charge in [-0.15, -0.1) is 0 Å². The lowest BCUT2D eigenvalue weighted by Crippen LogP contribution is -2.30. The summed E-state index contributed by atoms with van der Waals surface area (Å²) in [7, 11) is -9.91. The van der Waals surface area contributed by atoms with Gasteiger partial charge in [-0.1, -0.05) is 349 Å². The normalized spacial score (nSPS) is 13.9. The molecule has 0 heterocycles. The van der Waals surface area contributed by atoms with Crippen LogP contribution in [0, 0.1) is 5.92 Å². The van der Waals surface area contributed by atoms with Crippen LogP contribution in [0.5, 0.6) is 0 Å². The number of hydrogen-bond donors (Lipinski definition) is 3. The van der Waals surface area contributed by atoms with E-state index in [2.05, 4.69) is 34.6 Å². The molecule has 0 aromatic carbocycles. The summed E-state index contributed by atoms with van der Waals surface area (Å²) in [5.74, 6) is -1.35. The summed E-state index contributed by atoms with van der Waals surface area (Å²) in [5.41, 5.74) is 0. The number of carbonyl (C=O) groups excluding carboxylic acids is 4. The molecule has 19 heteroatoms. The molecule has 0 fully saturated rings. The second-order valence-corrected chi connectivity index (χ2v) is 30.8. The molecule has 3 N–H and O–H groups in total. The standard InChI is InChI=1S/C76H148O17P2/c1-6-9-12-15-18-21-23-25-27-28-29-31-33-37-41-46-51-56-61-75(80)93-72(66-87-74(79)60-55-50-45-40-36-32-30-26-24-22-19-16-13-10-7-2)68-91-95(84,85)89-64-70(77)63-88-94(82,83)90-67-71(65-86-73(78)59-54-49-44-20-17-14-11-8-3)92-76(81)62-57-52-47-42-38-34-35-39-43-48-53-58-69(4)5/h69-72,77H,6-68H2,1-5H3,(H,82,83)(H,84,85)/t70-,71+,72+/m0/s1. The predicted octanol–water partition coefficient (Wildman–Crippen LogP) is 22.5. The molecule has 0 saturated carbocycles. The molecule has 2 unspecified atom stereocenters. The maximum Gasteiger partial charge on any atom is 0.472 e. The minimum Gasteiger partial charge on any atom is -0.462 e. The molecule has 0 bridgehead atoms. The zero-order valence-electron chi connectivity index (χ0n) is 61.8. The fraction of sp³-hybridized carbons (Fsp3) is 0.947. The summed E-state index contributed by atoms with van der Waals surface area (Å²) < 4.78 is 68.5. The molecule has 95 heavy (non-hydrogen) atoms. The summed E-state index contributed by atoms with van der Waals surface area (Å²) in [6.07, 6.45) is 58.3. The second kappa shape index (κ2) is 69.2. The highest BCUT2D eigenvalue weighted by molar-refractivity contribution is 7.47. The van der Waals surface area contributed by atoms with Crippen LogP contribution in [0.4, 0.5) is 0 Å². The van der Waals surface area contributed by atoms with Crippen LogP contribution in [0.3, 0.4) is 0 Å². The number of esters is 4. The molecule has 0 amide bonds. The van der Waals surface area contributed by atoms with Gasteiger partial charge in [-0.05, 0) is 31.6 Å². The topological polar surface area (TPSA) is 237 Å². The molecule has 0 rings (SSSR count). The van der Waals surface area contributed by atoms with Crippen LogP contribution in [-0.2, 0) is 65.4 Å². The van der Waals surface area contributed by atoms with E-state index in [1.807, 2.05) is 0 Å². The Morgan fingerprint density at radius 2 is 0.484 bits per heavy atom. The van der Waals surface area contributed by atoms with E-state index in [1.54, 1.807) is 0 Å². The second-order valence-electron chi connectivity index (χ2n) is 27.9. The Morgan fingerprint density at radius 1 is 0.284 bits per heavy atom. The van der Waals surface area contributed by atoms with Crippen molar-refractivity contribution in [2.24, 2.45) is 5.92 Å². The third kappa shape index (κ3) is 70.3. The summed E-state index contributed by atoms with van der Waals surface area (Å²) in [4.78, 5) is 72.7. The van der Waals surface area contributed by atoms with Gasteiger partial charge in [-0.3, -0.25) is 37.3 Å². The Balaban J connectivity index is 5.21. The molecular weight excluding hydrogens is 1250 g/mol. The average molecular weight is 1400 g/mol. The maximum atomic E-state index is 13.1. The maximum absolute atomic E-state index is 13.1. The van der Waals surface area contributed by atoms with Crippen molar-refractivity contribution in [3.63, 3.8) is 0 Å². The number of unbranched alkanes of at least 4 members (excludes halogenated alkanes) is 48. The lowest BCUT2D eigenvalue weighted by Gasteiger charge is -2.21. The zero-order chi connectivity index (χ0) is 69.8. The first-order valence-corrected chi connectivity index (χ1v) is 42.6. The minimum atomic E-state index is -4.96. The highest BCUT2D eigenvalue weighted by Gasteiger charge is 2.30. The van der Waals surface area contributed by atoms with Gasteiger partial charge < -0.3 is 33.8 Å². The first kappa shape index (κ1) is 93.1. The molecule has 0 aromatic heterocycles. The number of phosphoric acid groups is 2. The number of carbonyl (C=O) groups is 4. The van der Waals surface area contributed by atoms with Gasteiger partial charge in [0, 0.05) is 25.7 Å². The number of aliphatic hydroxyl groups excluding tert-OH is 1. The predicted molar refractivity (Wildman–Crippen MR) is 386 cm³/mol. The number of rotatable bonds is 76. The number of phosphoric ester groups is 2. The van der Waals surface area contributed by atoms with Crippen LogP contribution < -0.4 is 0 Å². The van der Waals surface area contributed by atoms with Crippen LogP contribution in [-0.4, -0.2) is 96.7 Å². The first-order valence-electron chi connectivity index (χ1n) is 39.6. The Kier molecular flexibility index (Phi) is 67.7. The van der Waals surface area contributed by atoms with E-state index in [0.29, 0.717) is 25.7 Å². The number of hydrogen-bond acceptors (Lipinski definition) is 15. The van der Waals surface area contributed by atoms with Crippen molar-refractivity contribution >= 4 is 39.5 Å². The smallest absolute Gasteiger partial charge is 0.462 e. The SMILES string of the molecule is CCCCCCCCCCCCCCCCCCCCC(=O)O[C@H](COC(=O)CCCCCCCCCCCCCCCCC)COP(=O)(O)OC[C@@H](O)COP(=O)(O)OC[C@@H](COC(=O)CCCCCCCCCC)OC(=O)CCCCCCCCCCCCCC(C)C. The van der Waals surface area contributed by atoms with E-state index in [-0.39, 0.29) is 25.7 Å². The van der Waals surface area contributed by atoms with Gasteiger partial charge in [0.2, 0.25) is 0 Å². The van der Waals surface area contributed by atoms with Gasteiger partial charge in [0.05, 0.1) is 26.4 Å². The molecule has 5 atom stereocenters. The van der Waals surface area contributed by atoms with E-state index >= 15 is 0 Å². The van der Waals surface area contributed by atoms with Crippen molar-refractivity contribution in [3.8, 4) is 0 Å². The fourth-order valence-electron chi connectivity index (χ4n) is 11.7. The Bertz CT molecular complexity index is 1820. The molecule has 0 aliphatic carbocycles. The summed E-state index contributed by atoms with van der Waals surface area (Å²) in [5, 5.41) is 10.6. The van der Waals surface area contributed by atoms with E-state index in [9.17, 15) is 43.2 Å². The number of ether oxygens (including phenoxy) is 4. The molecule has 0 radical (unpaired) electrons. The molecule has 0 aliphatic heterocycles. The van der Waals surface area contributed by atoms with Crippen LogP contribution in [0.25, 0.3) is 0 Å². The van der Waals surface area contributed by atoms with Gasteiger partial charge in [0.25, 0.3) is 0 Å². The molecular formula is C76H148O17P2. The average Bonchev–Trinajstić information content (AvgIpc) is 2.03. The Hall–Kier alpha value is -1.94. The molecule has 0 aromatic rings. The van der Waals surface area contributed by atoms with Crippen molar-refractivity contribution in [3.05, 3.63) is 0 Å². The van der Waals surface area contributed by atoms with Gasteiger partial charge in [-0.25, -0.2) is 9.13 Å². The van der Waals surface area contributed by atoms with Crippen LogP contribution in [0.2, 0.25) is 0 Å². The van der Waals surface area contributed by atoms with Gasteiger partial charge in [0.15, 0.2) is 12.2 Å². The highest BCUT2D eigenvalue weighted by atomic mass is 31.2. The molecule has 17 nitrogen and oxygen atoms in total. The quantitative estimate of drug-likeness (QED) is 0.0222. The lowest BCUT2D eigenvalue weighted by atomic mass is 10.0. The largest absolute Gasteiger partial charge is 0.472 e. The van der Waals surface area contributed by atoms with E-state index < -0.39 is 97.5 Å². The monoisotopic (exact) mass is 1400 g/mol. The Labute approximate surface area is 581 Å². The van der Waals surface area contributed by atoms with Crippen LogP contribution in [0.15, 0.2) is 0 Å². The summed E-state index contributed by atoms with van der Waals surface area (Å²) in [6, 6.07) is 0. The summed E-state index contributed by atoms with van der Waals surface area (Å²) in [6.45, 7) is 7.27. The third-order valence-electron chi connectivity index (χ3n) is 17.8. The van der Waals surface area contributed by atoms with Gasteiger partial charge in [0.1, 0.15) is 19.3 Å². The van der Waals surface area contributed by atoms with Crippen molar-refractivity contribution in [1.29, 1.82) is 0 Å². The van der Waals surface area contributed by atoms with Crippen molar-refractivity contribution in [2.75, 3.05) is 39.6 Å². The van der Waals surface area contributed by atoms with Gasteiger partial charge >= 0.3 is 39.5 Å². The molecule has 0 aliphatic rings. The molecule has 564 valence electrons. The highest BCUT2D eigenvalue weighted by Crippen LogP contribution is 2.45. The van der Waals surface area contributed by atoms with E-state index in [0.717, 1.165) is 102 Å². The van der Waals surface area contributed by atoms with E-state index in [4.69, 9.17) is 37.0 Å². The van der Waals surface area contributed by atoms with Crippen LogP contribution >= 0.6 is 15.6 Å². The third-order valence-corrected chi connectivity index (χ3v) is 19.7.